The van der Waals surface area contributed by atoms with Gasteiger partial charge in [-0.1, -0.05) is 44.7 Å². The van der Waals surface area contributed by atoms with Crippen molar-refractivity contribution in [3.63, 3.8) is 0 Å². The normalized spacial score (nSPS) is 10.0. The number of nitriles is 1. The van der Waals surface area contributed by atoms with E-state index in [1.54, 1.807) is 32.0 Å². The molecular formula is C42H38F6IN9O2. The SMILES string of the molecule is C.C.C#Cc1cnc(N)nc1.CC#N.Cc1ccn(-c2cccc(C(F)(F)F)c2)c(=O)c1C#Cc1cnc(N)nc1.Cc1ccn(-c2cccc(C(F)(F)F)c2)c(=O)c1I. The number of anilines is 2. The van der Waals surface area contributed by atoms with Crippen LogP contribution < -0.4 is 22.6 Å². The number of benzene rings is 2. The molecule has 60 heavy (non-hydrogen) atoms. The summed E-state index contributed by atoms with van der Waals surface area (Å²) in [7, 11) is 0. The lowest BCUT2D eigenvalue weighted by atomic mass is 10.1. The van der Waals surface area contributed by atoms with Crippen LogP contribution in [0.15, 0.2) is 107 Å². The molecule has 0 fully saturated rings. The van der Waals surface area contributed by atoms with Gasteiger partial charge in [-0.15, -0.1) is 6.42 Å². The molecule has 0 atom stereocenters. The van der Waals surface area contributed by atoms with Crippen LogP contribution in [-0.4, -0.2) is 29.1 Å². The van der Waals surface area contributed by atoms with Crippen molar-refractivity contribution in [2.24, 2.45) is 0 Å². The van der Waals surface area contributed by atoms with Crippen LogP contribution in [0, 0.1) is 52.9 Å². The van der Waals surface area contributed by atoms with Gasteiger partial charge in [0.25, 0.3) is 11.1 Å². The van der Waals surface area contributed by atoms with Gasteiger partial charge in [0, 0.05) is 55.5 Å². The molecule has 2 aromatic carbocycles. The zero-order valence-corrected chi connectivity index (χ0v) is 32.7. The first-order valence-corrected chi connectivity index (χ1v) is 17.3. The summed E-state index contributed by atoms with van der Waals surface area (Å²) in [4.78, 5) is 39.7. The van der Waals surface area contributed by atoms with Gasteiger partial charge < -0.3 is 11.5 Å². The summed E-state index contributed by atoms with van der Waals surface area (Å²) in [5.74, 6) is 8.22. The van der Waals surface area contributed by atoms with Gasteiger partial charge in [-0.2, -0.15) is 31.6 Å². The average molecular weight is 942 g/mol. The van der Waals surface area contributed by atoms with E-state index in [1.807, 2.05) is 22.6 Å². The summed E-state index contributed by atoms with van der Waals surface area (Å²) in [5, 5.41) is 7.32. The highest BCUT2D eigenvalue weighted by Crippen LogP contribution is 2.31. The lowest BCUT2D eigenvalue weighted by Crippen LogP contribution is -2.22. The Morgan fingerprint density at radius 2 is 1.08 bits per heavy atom. The maximum Gasteiger partial charge on any atom is 0.416 e. The molecule has 0 spiro atoms. The second-order valence-electron chi connectivity index (χ2n) is 11.4. The highest BCUT2D eigenvalue weighted by Gasteiger charge is 2.31. The molecule has 6 aromatic rings. The number of aryl methyl sites for hydroxylation is 2. The Morgan fingerprint density at radius 1 is 0.683 bits per heavy atom. The van der Waals surface area contributed by atoms with E-state index < -0.39 is 29.0 Å². The fourth-order valence-corrected chi connectivity index (χ4v) is 4.84. The van der Waals surface area contributed by atoms with Crippen molar-refractivity contribution in [2.75, 3.05) is 11.5 Å². The van der Waals surface area contributed by atoms with Gasteiger partial charge in [-0.25, -0.2) is 19.9 Å². The number of nitrogen functional groups attached to an aromatic ring is 2. The monoisotopic (exact) mass is 941 g/mol. The zero-order chi connectivity index (χ0) is 43.2. The molecule has 11 nitrogen and oxygen atoms in total. The number of terminal acetylenes is 1. The molecule has 0 bridgehead atoms. The fraction of sp³-hybridized carbons (Fsp3) is 0.167. The second-order valence-corrected chi connectivity index (χ2v) is 12.5. The summed E-state index contributed by atoms with van der Waals surface area (Å²) < 4.78 is 79.6. The predicted molar refractivity (Wildman–Crippen MR) is 228 cm³/mol. The molecule has 0 radical (unpaired) electrons. The summed E-state index contributed by atoms with van der Waals surface area (Å²) >= 11 is 1.89. The number of aromatic nitrogens is 6. The van der Waals surface area contributed by atoms with Gasteiger partial charge in [0.1, 0.15) is 0 Å². The molecule has 4 aromatic heterocycles. The molecule has 0 aliphatic rings. The fourth-order valence-electron chi connectivity index (χ4n) is 4.40. The van der Waals surface area contributed by atoms with Crippen molar-refractivity contribution in [3.8, 4) is 41.6 Å². The van der Waals surface area contributed by atoms with E-state index in [1.165, 1.54) is 72.9 Å². The van der Waals surface area contributed by atoms with E-state index in [2.05, 4.69) is 37.7 Å². The molecule has 0 aliphatic heterocycles. The predicted octanol–water partition coefficient (Wildman–Crippen LogP) is 8.55. The number of alkyl halides is 6. The van der Waals surface area contributed by atoms with Crippen molar-refractivity contribution >= 4 is 34.5 Å². The topological polar surface area (TPSA) is 171 Å². The molecule has 312 valence electrons. The van der Waals surface area contributed by atoms with Gasteiger partial charge in [0.05, 0.1) is 37.5 Å². The number of pyridine rings is 2. The van der Waals surface area contributed by atoms with Crippen LogP contribution in [0.5, 0.6) is 0 Å². The van der Waals surface area contributed by atoms with E-state index in [9.17, 15) is 35.9 Å². The molecule has 4 heterocycles. The van der Waals surface area contributed by atoms with Gasteiger partial charge in [-0.3, -0.25) is 18.7 Å². The lowest BCUT2D eigenvalue weighted by Gasteiger charge is -2.11. The highest BCUT2D eigenvalue weighted by atomic mass is 127. The van der Waals surface area contributed by atoms with Crippen molar-refractivity contribution in [1.82, 2.24) is 29.1 Å². The first kappa shape index (κ1) is 51.0. The van der Waals surface area contributed by atoms with E-state index in [0.29, 0.717) is 20.3 Å². The van der Waals surface area contributed by atoms with Crippen LogP contribution in [-0.2, 0) is 12.4 Å². The molecular weight excluding hydrogens is 903 g/mol. The van der Waals surface area contributed by atoms with E-state index >= 15 is 0 Å². The van der Waals surface area contributed by atoms with Crippen LogP contribution in [0.25, 0.3) is 11.4 Å². The minimum absolute atomic E-state index is 0. The Hall–Kier alpha value is -6.98. The molecule has 4 N–H and O–H groups in total. The first-order chi connectivity index (χ1) is 27.3. The largest absolute Gasteiger partial charge is 0.416 e. The Bertz CT molecular complexity index is 2640. The third kappa shape index (κ3) is 14.4. The molecule has 18 heteroatoms. The quantitative estimate of drug-likeness (QED) is 0.0981. The molecule has 0 aliphatic carbocycles. The van der Waals surface area contributed by atoms with E-state index in [4.69, 9.17) is 23.2 Å². The summed E-state index contributed by atoms with van der Waals surface area (Å²) in [6.45, 7) is 4.90. The number of halogens is 7. The zero-order valence-electron chi connectivity index (χ0n) is 30.6. The van der Waals surface area contributed by atoms with Crippen LogP contribution >= 0.6 is 22.6 Å². The van der Waals surface area contributed by atoms with E-state index in [0.717, 1.165) is 34.4 Å². The Kier molecular flexibility index (Phi) is 19.4. The van der Waals surface area contributed by atoms with Gasteiger partial charge in [-0.05, 0) is 96.1 Å². The Balaban J connectivity index is 0.000000473. The van der Waals surface area contributed by atoms with Gasteiger partial charge in [0.15, 0.2) is 0 Å². The minimum atomic E-state index is -4.50. The lowest BCUT2D eigenvalue weighted by molar-refractivity contribution is -0.138. The number of nitrogens with zero attached hydrogens (tertiary/aromatic N) is 7. The molecule has 0 unspecified atom stereocenters. The molecule has 0 saturated heterocycles. The maximum absolute atomic E-state index is 12.9. The number of hydrogen-bond donors (Lipinski definition) is 2. The van der Waals surface area contributed by atoms with Crippen molar-refractivity contribution in [3.05, 3.63) is 161 Å². The van der Waals surface area contributed by atoms with Crippen LogP contribution in [0.4, 0.5) is 38.2 Å². The third-order valence-electron chi connectivity index (χ3n) is 7.27. The van der Waals surface area contributed by atoms with Crippen LogP contribution in [0.2, 0.25) is 0 Å². The molecule has 0 amide bonds. The first-order valence-electron chi connectivity index (χ1n) is 16.2. The minimum Gasteiger partial charge on any atom is -0.368 e. The standard InChI is InChI=1S/C19H13F3N4O.C13H9F3INO.C6H5N3.C2H3N.2CH4/c1-12-7-8-26(15-4-2-3-14(9-15)19(20,21)22)17(27)16(12)6-5-13-10-24-18(23)25-11-13;1-8-5-6-18(12(19)11(8)17)10-4-2-3-9(7-10)13(14,15)16;1-2-5-3-8-6(7)9-4-5;1-2-3;;/h2-4,7-11H,1H3,(H2,23,24,25);2-7H,1H3;1,3-4H,(H2,7,8,9);1H3;2*1H4. The summed E-state index contributed by atoms with van der Waals surface area (Å²) in [5.41, 5.74) is 11.1. The Morgan fingerprint density at radius 3 is 1.50 bits per heavy atom. The number of nitrogens with two attached hydrogens (primary N) is 2. The average Bonchev–Trinajstić information content (AvgIpc) is 3.18. The van der Waals surface area contributed by atoms with Gasteiger partial charge in [0.2, 0.25) is 11.9 Å². The van der Waals surface area contributed by atoms with Crippen molar-refractivity contribution in [1.29, 1.82) is 5.26 Å². The van der Waals surface area contributed by atoms with Crippen LogP contribution in [0.3, 0.4) is 0 Å². The number of hydrogen-bond acceptors (Lipinski definition) is 9. The van der Waals surface area contributed by atoms with Gasteiger partial charge >= 0.3 is 12.4 Å². The summed E-state index contributed by atoms with van der Waals surface area (Å²) in [6, 6.07) is 14.3. The third-order valence-corrected chi connectivity index (χ3v) is 8.58. The van der Waals surface area contributed by atoms with Crippen molar-refractivity contribution < 1.29 is 26.3 Å². The molecule has 6 rings (SSSR count). The Labute approximate surface area is 356 Å². The smallest absolute Gasteiger partial charge is 0.368 e. The maximum atomic E-state index is 12.9. The summed E-state index contributed by atoms with van der Waals surface area (Å²) in [6.07, 6.45) is 4.85. The molecule has 0 saturated carbocycles. The van der Waals surface area contributed by atoms with Crippen molar-refractivity contribution in [2.45, 2.75) is 48.0 Å². The van der Waals surface area contributed by atoms with Crippen LogP contribution in [0.1, 0.15) is 60.7 Å². The van der Waals surface area contributed by atoms with E-state index in [-0.39, 0.29) is 49.2 Å². The highest BCUT2D eigenvalue weighted by molar-refractivity contribution is 14.1. The number of rotatable bonds is 2. The second kappa shape index (κ2) is 22.8.